The number of aromatic nitrogens is 2. The third kappa shape index (κ3) is 4.55. The minimum absolute atomic E-state index is 0.0369. The van der Waals surface area contributed by atoms with E-state index < -0.39 is 5.97 Å². The molecule has 4 rings (SSSR count). The molecule has 1 fully saturated rings. The van der Waals surface area contributed by atoms with Crippen LogP contribution in [0.1, 0.15) is 33.3 Å². The molecule has 7 nitrogen and oxygen atoms in total. The smallest absolute Gasteiger partial charge is 0.304 e. The number of morpholine rings is 1. The number of thiazole rings is 1. The lowest BCUT2D eigenvalue weighted by Gasteiger charge is -2.26. The first kappa shape index (κ1) is 20.2. The van der Waals surface area contributed by atoms with Gasteiger partial charge in [-0.2, -0.15) is 0 Å². The van der Waals surface area contributed by atoms with Crippen molar-refractivity contribution in [3.8, 4) is 11.1 Å². The van der Waals surface area contributed by atoms with Crippen molar-refractivity contribution in [3.63, 3.8) is 0 Å². The average molecular weight is 423 g/mol. The molecule has 0 aliphatic carbocycles. The number of carbonyl (C=O) groups is 2. The van der Waals surface area contributed by atoms with Crippen molar-refractivity contribution in [2.45, 2.75) is 12.3 Å². The van der Waals surface area contributed by atoms with Crippen molar-refractivity contribution in [2.24, 2.45) is 0 Å². The van der Waals surface area contributed by atoms with E-state index in [4.69, 9.17) is 4.74 Å². The number of amides is 1. The number of hydrogen-bond acceptors (Lipinski definition) is 6. The van der Waals surface area contributed by atoms with Crippen LogP contribution in [0.2, 0.25) is 0 Å². The maximum Gasteiger partial charge on any atom is 0.304 e. The van der Waals surface area contributed by atoms with Crippen molar-refractivity contribution in [3.05, 3.63) is 70.4 Å². The monoisotopic (exact) mass is 423 g/mol. The van der Waals surface area contributed by atoms with Crippen LogP contribution in [0, 0.1) is 0 Å². The van der Waals surface area contributed by atoms with Crippen LogP contribution in [-0.4, -0.2) is 58.2 Å². The molecule has 30 heavy (non-hydrogen) atoms. The first-order chi connectivity index (χ1) is 14.6. The molecule has 1 atom stereocenters. The third-order valence-electron chi connectivity index (χ3n) is 5.03. The molecule has 2 aromatic heterocycles. The Morgan fingerprint density at radius 3 is 2.73 bits per heavy atom. The normalized spacial score (nSPS) is 15.0. The van der Waals surface area contributed by atoms with Gasteiger partial charge in [0.05, 0.1) is 25.2 Å². The molecular weight excluding hydrogens is 402 g/mol. The fourth-order valence-electron chi connectivity index (χ4n) is 3.53. The second kappa shape index (κ2) is 9.15. The van der Waals surface area contributed by atoms with Gasteiger partial charge in [-0.05, 0) is 17.2 Å². The molecular formula is C22H21N3O4S. The summed E-state index contributed by atoms with van der Waals surface area (Å²) < 4.78 is 5.32. The van der Waals surface area contributed by atoms with Gasteiger partial charge in [-0.15, -0.1) is 11.3 Å². The Morgan fingerprint density at radius 1 is 1.17 bits per heavy atom. The van der Waals surface area contributed by atoms with E-state index in [1.807, 2.05) is 35.7 Å². The van der Waals surface area contributed by atoms with Crippen molar-refractivity contribution in [2.75, 3.05) is 26.3 Å². The van der Waals surface area contributed by atoms with E-state index in [9.17, 15) is 14.7 Å². The zero-order valence-electron chi connectivity index (χ0n) is 16.2. The SMILES string of the molecule is O=C(O)CC(c1cccc(-c2cncc(C(=O)N3CCOCC3)c2)c1)c1nccs1. The van der Waals surface area contributed by atoms with Crippen LogP contribution in [0.25, 0.3) is 11.1 Å². The molecule has 0 bridgehead atoms. The number of carboxylic acids is 1. The molecule has 1 unspecified atom stereocenters. The van der Waals surface area contributed by atoms with E-state index >= 15 is 0 Å². The molecule has 3 aromatic rings. The quantitative estimate of drug-likeness (QED) is 0.654. The summed E-state index contributed by atoms with van der Waals surface area (Å²) in [6.07, 6.45) is 4.94. The van der Waals surface area contributed by atoms with Crippen molar-refractivity contribution in [1.82, 2.24) is 14.9 Å². The van der Waals surface area contributed by atoms with Gasteiger partial charge in [0.15, 0.2) is 0 Å². The Hall–Kier alpha value is -3.10. The van der Waals surface area contributed by atoms with Crippen LogP contribution in [-0.2, 0) is 9.53 Å². The predicted octanol–water partition coefficient (Wildman–Crippen LogP) is 3.28. The highest BCUT2D eigenvalue weighted by atomic mass is 32.1. The predicted molar refractivity (Wildman–Crippen MR) is 113 cm³/mol. The highest BCUT2D eigenvalue weighted by molar-refractivity contribution is 7.09. The molecule has 1 amide bonds. The lowest BCUT2D eigenvalue weighted by Crippen LogP contribution is -2.40. The number of nitrogens with zero attached hydrogens (tertiary/aromatic N) is 3. The maximum atomic E-state index is 12.8. The summed E-state index contributed by atoms with van der Waals surface area (Å²) in [5.74, 6) is -1.26. The van der Waals surface area contributed by atoms with E-state index in [1.54, 1.807) is 23.5 Å². The second-order valence-corrected chi connectivity index (χ2v) is 7.94. The molecule has 1 aromatic carbocycles. The molecule has 1 saturated heterocycles. The maximum absolute atomic E-state index is 12.8. The number of carbonyl (C=O) groups excluding carboxylic acids is 1. The zero-order chi connectivity index (χ0) is 20.9. The summed E-state index contributed by atoms with van der Waals surface area (Å²) in [7, 11) is 0. The fourth-order valence-corrected chi connectivity index (χ4v) is 4.29. The number of ether oxygens (including phenoxy) is 1. The van der Waals surface area contributed by atoms with Gasteiger partial charge >= 0.3 is 5.97 Å². The van der Waals surface area contributed by atoms with E-state index in [2.05, 4.69) is 9.97 Å². The Labute approximate surface area is 178 Å². The summed E-state index contributed by atoms with van der Waals surface area (Å²) in [4.78, 5) is 34.6. The van der Waals surface area contributed by atoms with Gasteiger partial charge in [0.1, 0.15) is 5.01 Å². The van der Waals surface area contributed by atoms with Crippen LogP contribution in [0.4, 0.5) is 0 Å². The number of pyridine rings is 1. The summed E-state index contributed by atoms with van der Waals surface area (Å²) in [5.41, 5.74) is 3.09. The lowest BCUT2D eigenvalue weighted by molar-refractivity contribution is -0.137. The minimum Gasteiger partial charge on any atom is -0.481 e. The number of rotatable bonds is 6. The van der Waals surface area contributed by atoms with Gasteiger partial charge in [0, 0.05) is 48.5 Å². The number of benzene rings is 1. The van der Waals surface area contributed by atoms with Crippen LogP contribution in [0.3, 0.4) is 0 Å². The van der Waals surface area contributed by atoms with E-state index in [1.165, 1.54) is 11.3 Å². The second-order valence-electron chi connectivity index (χ2n) is 7.01. The Bertz CT molecular complexity index is 1030. The fraction of sp³-hybridized carbons (Fsp3) is 0.273. The molecule has 1 aliphatic rings. The number of carboxylic acid groups (broad SMARTS) is 1. The molecule has 8 heteroatoms. The van der Waals surface area contributed by atoms with E-state index in [0.717, 1.165) is 21.7 Å². The molecule has 0 radical (unpaired) electrons. The summed E-state index contributed by atoms with van der Waals surface area (Å²) >= 11 is 1.44. The Balaban J connectivity index is 1.63. The van der Waals surface area contributed by atoms with E-state index in [0.29, 0.717) is 31.9 Å². The van der Waals surface area contributed by atoms with Crippen LogP contribution < -0.4 is 0 Å². The standard InChI is InChI=1S/C22H21N3O4S/c26-20(27)12-19(21-24-4-9-30-21)16-3-1-2-15(10-16)17-11-18(14-23-13-17)22(28)25-5-7-29-8-6-25/h1-4,9-11,13-14,19H,5-8,12H2,(H,26,27). The van der Waals surface area contributed by atoms with E-state index in [-0.39, 0.29) is 18.2 Å². The molecule has 0 spiro atoms. The third-order valence-corrected chi connectivity index (χ3v) is 5.92. The van der Waals surface area contributed by atoms with Gasteiger partial charge < -0.3 is 14.7 Å². The summed E-state index contributed by atoms with van der Waals surface area (Å²) in [5, 5.41) is 12.0. The lowest BCUT2D eigenvalue weighted by atomic mass is 9.93. The van der Waals surface area contributed by atoms with Crippen LogP contribution in [0.15, 0.2) is 54.3 Å². The molecule has 1 N–H and O–H groups in total. The largest absolute Gasteiger partial charge is 0.481 e. The van der Waals surface area contributed by atoms with Crippen molar-refractivity contribution in [1.29, 1.82) is 0 Å². The highest BCUT2D eigenvalue weighted by Crippen LogP contribution is 2.32. The summed E-state index contributed by atoms with van der Waals surface area (Å²) in [6.45, 7) is 2.23. The molecule has 0 saturated carbocycles. The topological polar surface area (TPSA) is 92.6 Å². The summed E-state index contributed by atoms with van der Waals surface area (Å²) in [6, 6.07) is 9.52. The highest BCUT2D eigenvalue weighted by Gasteiger charge is 2.22. The number of hydrogen-bond donors (Lipinski definition) is 1. The molecule has 3 heterocycles. The van der Waals surface area contributed by atoms with Gasteiger partial charge in [0.2, 0.25) is 0 Å². The van der Waals surface area contributed by atoms with Gasteiger partial charge in [0.25, 0.3) is 5.91 Å². The first-order valence-corrected chi connectivity index (χ1v) is 10.5. The van der Waals surface area contributed by atoms with Crippen LogP contribution >= 0.6 is 11.3 Å². The van der Waals surface area contributed by atoms with Crippen LogP contribution in [0.5, 0.6) is 0 Å². The van der Waals surface area contributed by atoms with Crippen molar-refractivity contribution >= 4 is 23.2 Å². The first-order valence-electron chi connectivity index (χ1n) is 9.65. The average Bonchev–Trinajstić information content (AvgIpc) is 3.32. The van der Waals surface area contributed by atoms with Gasteiger partial charge in [-0.1, -0.05) is 24.3 Å². The van der Waals surface area contributed by atoms with Gasteiger partial charge in [-0.25, -0.2) is 4.98 Å². The molecule has 154 valence electrons. The Kier molecular flexibility index (Phi) is 6.15. The van der Waals surface area contributed by atoms with Crippen molar-refractivity contribution < 1.29 is 19.4 Å². The Morgan fingerprint density at radius 2 is 2.00 bits per heavy atom. The van der Waals surface area contributed by atoms with Gasteiger partial charge in [-0.3, -0.25) is 14.6 Å². The zero-order valence-corrected chi connectivity index (χ0v) is 17.0. The minimum atomic E-state index is -0.875. The molecule has 1 aliphatic heterocycles. The number of aliphatic carboxylic acids is 1.